The summed E-state index contributed by atoms with van der Waals surface area (Å²) in [6, 6.07) is 3.47. The van der Waals surface area contributed by atoms with Crippen molar-refractivity contribution in [1.82, 2.24) is 19.8 Å². The summed E-state index contributed by atoms with van der Waals surface area (Å²) in [7, 11) is 1.94. The smallest absolute Gasteiger partial charge is 0.290 e. The van der Waals surface area contributed by atoms with Crippen LogP contribution in [0.15, 0.2) is 28.9 Å². The highest BCUT2D eigenvalue weighted by molar-refractivity contribution is 5.91. The van der Waals surface area contributed by atoms with Crippen LogP contribution in [-0.4, -0.2) is 40.0 Å². The van der Waals surface area contributed by atoms with Crippen LogP contribution in [0.5, 0.6) is 0 Å². The summed E-state index contributed by atoms with van der Waals surface area (Å²) in [4.78, 5) is 18.8. The fourth-order valence-electron chi connectivity index (χ4n) is 2.57. The average Bonchev–Trinajstić information content (AvgIpc) is 3.07. The van der Waals surface area contributed by atoms with Crippen molar-refractivity contribution in [2.24, 2.45) is 7.05 Å². The van der Waals surface area contributed by atoms with E-state index in [1.165, 1.54) is 0 Å². The summed E-state index contributed by atoms with van der Waals surface area (Å²) in [6.07, 6.45) is 3.65. The van der Waals surface area contributed by atoms with Gasteiger partial charge in [-0.1, -0.05) is 0 Å². The second kappa shape index (κ2) is 5.13. The molecule has 1 saturated heterocycles. The topological polar surface area (TPSA) is 63.3 Å². The quantitative estimate of drug-likeness (QED) is 0.891. The van der Waals surface area contributed by atoms with E-state index in [1.54, 1.807) is 12.3 Å². The van der Waals surface area contributed by atoms with E-state index in [1.807, 2.05) is 35.7 Å². The van der Waals surface area contributed by atoms with Gasteiger partial charge in [0.2, 0.25) is 0 Å². The number of piperazine rings is 1. The zero-order chi connectivity index (χ0) is 14.1. The molecule has 0 radical (unpaired) electrons. The molecule has 0 spiro atoms. The molecule has 1 N–H and O–H groups in total. The molecule has 2 aromatic rings. The lowest BCUT2D eigenvalue weighted by atomic mass is 10.1. The van der Waals surface area contributed by atoms with Crippen molar-refractivity contribution in [2.45, 2.75) is 13.0 Å². The highest BCUT2D eigenvalue weighted by Gasteiger charge is 2.32. The normalized spacial score (nSPS) is 19.3. The zero-order valence-corrected chi connectivity index (χ0v) is 11.7. The Balaban J connectivity index is 1.89. The summed E-state index contributed by atoms with van der Waals surface area (Å²) >= 11 is 0. The maximum absolute atomic E-state index is 12.6. The third-order valence-corrected chi connectivity index (χ3v) is 3.61. The van der Waals surface area contributed by atoms with E-state index in [4.69, 9.17) is 4.42 Å². The highest BCUT2D eigenvalue weighted by atomic mass is 16.3. The van der Waals surface area contributed by atoms with Gasteiger partial charge in [-0.3, -0.25) is 4.79 Å². The lowest BCUT2D eigenvalue weighted by Crippen LogP contribution is -2.49. The number of aryl methyl sites for hydroxylation is 2. The van der Waals surface area contributed by atoms with E-state index in [9.17, 15) is 4.79 Å². The number of hydrogen-bond acceptors (Lipinski definition) is 4. The number of imidazole rings is 1. The SMILES string of the molecule is Cc1ccc(C(=O)N2CCNCC2c2nccn2C)o1. The molecule has 1 aliphatic heterocycles. The van der Waals surface area contributed by atoms with Crippen LogP contribution < -0.4 is 5.32 Å². The largest absolute Gasteiger partial charge is 0.456 e. The molecule has 0 aliphatic carbocycles. The van der Waals surface area contributed by atoms with Gasteiger partial charge in [0, 0.05) is 39.1 Å². The number of nitrogens with zero attached hydrogens (tertiary/aromatic N) is 3. The molecule has 3 heterocycles. The molecule has 20 heavy (non-hydrogen) atoms. The van der Waals surface area contributed by atoms with Gasteiger partial charge in [0.25, 0.3) is 5.91 Å². The van der Waals surface area contributed by atoms with Crippen LogP contribution in [0.1, 0.15) is 28.2 Å². The van der Waals surface area contributed by atoms with Crippen LogP contribution in [0.25, 0.3) is 0 Å². The van der Waals surface area contributed by atoms with Crippen molar-refractivity contribution in [3.8, 4) is 0 Å². The molecule has 0 aromatic carbocycles. The number of carbonyl (C=O) groups is 1. The minimum Gasteiger partial charge on any atom is -0.456 e. The van der Waals surface area contributed by atoms with Crippen molar-refractivity contribution in [3.05, 3.63) is 41.9 Å². The van der Waals surface area contributed by atoms with Gasteiger partial charge < -0.3 is 19.2 Å². The average molecular weight is 274 g/mol. The van der Waals surface area contributed by atoms with E-state index in [0.29, 0.717) is 18.8 Å². The Morgan fingerprint density at radius 1 is 1.50 bits per heavy atom. The second-order valence-electron chi connectivity index (χ2n) is 5.03. The molecule has 1 amide bonds. The van der Waals surface area contributed by atoms with Gasteiger partial charge >= 0.3 is 0 Å². The fourth-order valence-corrected chi connectivity index (χ4v) is 2.57. The number of rotatable bonds is 2. The van der Waals surface area contributed by atoms with Crippen LogP contribution in [-0.2, 0) is 7.05 Å². The Kier molecular flexibility index (Phi) is 3.31. The van der Waals surface area contributed by atoms with Crippen LogP contribution in [0.4, 0.5) is 0 Å². The third-order valence-electron chi connectivity index (χ3n) is 3.61. The van der Waals surface area contributed by atoms with E-state index < -0.39 is 0 Å². The van der Waals surface area contributed by atoms with Gasteiger partial charge in [-0.25, -0.2) is 4.98 Å². The van der Waals surface area contributed by atoms with Crippen LogP contribution in [0.2, 0.25) is 0 Å². The second-order valence-corrected chi connectivity index (χ2v) is 5.03. The van der Waals surface area contributed by atoms with Crippen LogP contribution in [0, 0.1) is 6.92 Å². The lowest BCUT2D eigenvalue weighted by Gasteiger charge is -2.35. The summed E-state index contributed by atoms with van der Waals surface area (Å²) in [5.74, 6) is 1.95. The van der Waals surface area contributed by atoms with Crippen molar-refractivity contribution in [3.63, 3.8) is 0 Å². The number of hydrogen-bond donors (Lipinski definition) is 1. The predicted molar refractivity (Wildman–Crippen MR) is 73.3 cm³/mol. The third kappa shape index (κ3) is 2.22. The van der Waals surface area contributed by atoms with Gasteiger partial charge in [0.05, 0.1) is 0 Å². The molecular formula is C14H18N4O2. The summed E-state index contributed by atoms with van der Waals surface area (Å²) in [6.45, 7) is 3.98. The van der Waals surface area contributed by atoms with Crippen molar-refractivity contribution >= 4 is 5.91 Å². The Labute approximate surface area is 117 Å². The summed E-state index contributed by atoms with van der Waals surface area (Å²) in [5.41, 5.74) is 0. The monoisotopic (exact) mass is 274 g/mol. The van der Waals surface area contributed by atoms with E-state index in [2.05, 4.69) is 10.3 Å². The predicted octanol–water partition coefficient (Wildman–Crippen LogP) is 1.11. The highest BCUT2D eigenvalue weighted by Crippen LogP contribution is 2.23. The van der Waals surface area contributed by atoms with Crippen molar-refractivity contribution < 1.29 is 9.21 Å². The van der Waals surface area contributed by atoms with Gasteiger partial charge in [-0.05, 0) is 19.1 Å². The Hall–Kier alpha value is -2.08. The van der Waals surface area contributed by atoms with Gasteiger partial charge in [-0.15, -0.1) is 0 Å². The van der Waals surface area contributed by atoms with E-state index in [-0.39, 0.29) is 11.9 Å². The molecule has 6 nitrogen and oxygen atoms in total. The first kappa shape index (κ1) is 12.9. The number of amides is 1. The molecule has 3 rings (SSSR count). The summed E-state index contributed by atoms with van der Waals surface area (Å²) in [5, 5.41) is 3.31. The molecule has 1 fully saturated rings. The molecule has 0 saturated carbocycles. The molecule has 6 heteroatoms. The number of nitrogens with one attached hydrogen (secondary N) is 1. The Morgan fingerprint density at radius 2 is 2.35 bits per heavy atom. The van der Waals surface area contributed by atoms with Crippen LogP contribution >= 0.6 is 0 Å². The van der Waals surface area contributed by atoms with E-state index in [0.717, 1.165) is 18.1 Å². The molecular weight excluding hydrogens is 256 g/mol. The van der Waals surface area contributed by atoms with Gasteiger partial charge in [-0.2, -0.15) is 0 Å². The minimum absolute atomic E-state index is 0.0679. The zero-order valence-electron chi connectivity index (χ0n) is 11.7. The molecule has 106 valence electrons. The molecule has 2 aromatic heterocycles. The van der Waals surface area contributed by atoms with Gasteiger partial charge in [0.15, 0.2) is 5.76 Å². The Morgan fingerprint density at radius 3 is 3.00 bits per heavy atom. The molecule has 1 atom stereocenters. The van der Waals surface area contributed by atoms with Crippen molar-refractivity contribution in [1.29, 1.82) is 0 Å². The van der Waals surface area contributed by atoms with Crippen molar-refractivity contribution in [2.75, 3.05) is 19.6 Å². The fraction of sp³-hybridized carbons (Fsp3) is 0.429. The number of furan rings is 1. The first-order valence-electron chi connectivity index (χ1n) is 6.72. The van der Waals surface area contributed by atoms with Crippen LogP contribution in [0.3, 0.4) is 0 Å². The summed E-state index contributed by atoms with van der Waals surface area (Å²) < 4.78 is 7.41. The lowest BCUT2D eigenvalue weighted by molar-refractivity contribution is 0.0587. The Bertz CT molecular complexity index is 616. The maximum Gasteiger partial charge on any atom is 0.290 e. The molecule has 0 bridgehead atoms. The minimum atomic E-state index is -0.0763. The first-order chi connectivity index (χ1) is 9.66. The number of carbonyl (C=O) groups excluding carboxylic acids is 1. The first-order valence-corrected chi connectivity index (χ1v) is 6.72. The number of aromatic nitrogens is 2. The standard InChI is InChI=1S/C14H18N4O2/c1-10-3-4-12(20-10)14(19)18-8-5-15-9-11(18)13-16-6-7-17(13)2/h3-4,6-7,11,15H,5,8-9H2,1-2H3. The maximum atomic E-state index is 12.6. The molecule has 1 unspecified atom stereocenters. The molecule has 1 aliphatic rings. The van der Waals surface area contributed by atoms with Gasteiger partial charge in [0.1, 0.15) is 17.6 Å². The van der Waals surface area contributed by atoms with E-state index >= 15 is 0 Å².